The van der Waals surface area contributed by atoms with Crippen molar-refractivity contribution in [3.63, 3.8) is 0 Å². The number of hydrogen-bond acceptors (Lipinski definition) is 4. The summed E-state index contributed by atoms with van der Waals surface area (Å²) < 4.78 is 54.3. The van der Waals surface area contributed by atoms with E-state index in [1.165, 1.54) is 0 Å². The zero-order valence-electron chi connectivity index (χ0n) is 10.4. The maximum atomic E-state index is 11.4. The summed E-state index contributed by atoms with van der Waals surface area (Å²) >= 11 is 0. The molecule has 1 aromatic rings. The Kier molecular flexibility index (Phi) is 7.22. The molecule has 0 unspecified atom stereocenters. The summed E-state index contributed by atoms with van der Waals surface area (Å²) in [4.78, 5) is 8.78. The molecule has 5 nitrogen and oxygen atoms in total. The first-order valence-electron chi connectivity index (χ1n) is 5.40. The number of carbonyl (C=O) groups excluding carboxylic acids is 1. The van der Waals surface area contributed by atoms with E-state index in [-0.39, 0.29) is 11.5 Å². The number of rotatable bonds is 4. The highest BCUT2D eigenvalue weighted by Gasteiger charge is 2.28. The number of carboxylic acids is 1. The minimum absolute atomic E-state index is 0.128. The molecule has 0 saturated heterocycles. The monoisotopic (exact) mass is 313 g/mol. The number of quaternary nitrogens is 1. The fourth-order valence-electron chi connectivity index (χ4n) is 1.12. The SMILES string of the molecule is O=C([O-])C(F)(F)F.[NH3+]CCS(=O)(=O)Cc1ccccc1. The summed E-state index contributed by atoms with van der Waals surface area (Å²) in [5.74, 6) is -2.71. The summed E-state index contributed by atoms with van der Waals surface area (Å²) in [6.45, 7) is 0.440. The molecule has 0 radical (unpaired) electrons. The Bertz CT molecular complexity index is 514. The van der Waals surface area contributed by atoms with Crippen LogP contribution in [0.2, 0.25) is 0 Å². The van der Waals surface area contributed by atoms with Crippen molar-refractivity contribution < 1.29 is 37.2 Å². The van der Waals surface area contributed by atoms with Crippen molar-refractivity contribution >= 4 is 15.8 Å². The summed E-state index contributed by atoms with van der Waals surface area (Å²) in [6.07, 6.45) is -5.19. The van der Waals surface area contributed by atoms with Crippen LogP contribution in [0.25, 0.3) is 0 Å². The Labute approximate surface area is 114 Å². The molecule has 0 aliphatic carbocycles. The van der Waals surface area contributed by atoms with Gasteiger partial charge in [-0.3, -0.25) is 0 Å². The Morgan fingerprint density at radius 2 is 1.65 bits per heavy atom. The van der Waals surface area contributed by atoms with Gasteiger partial charge in [-0.05, 0) is 5.56 Å². The molecular weight excluding hydrogens is 299 g/mol. The van der Waals surface area contributed by atoms with Crippen LogP contribution in [0.15, 0.2) is 30.3 Å². The minimum atomic E-state index is -5.19. The second kappa shape index (κ2) is 7.85. The fraction of sp³-hybridized carbons (Fsp3) is 0.364. The third-order valence-electron chi connectivity index (χ3n) is 1.92. The average Bonchev–Trinajstić information content (AvgIpc) is 2.28. The number of carbonyl (C=O) groups is 1. The smallest absolute Gasteiger partial charge is 0.430 e. The van der Waals surface area contributed by atoms with Crippen molar-refractivity contribution in [3.8, 4) is 0 Å². The van der Waals surface area contributed by atoms with Gasteiger partial charge in [0.25, 0.3) is 0 Å². The number of carboxylic acid groups (broad SMARTS) is 1. The average molecular weight is 313 g/mol. The van der Waals surface area contributed by atoms with Gasteiger partial charge in [-0.1, -0.05) is 30.3 Å². The lowest BCUT2D eigenvalue weighted by atomic mass is 10.2. The lowest BCUT2D eigenvalue weighted by molar-refractivity contribution is -0.360. The topological polar surface area (TPSA) is 102 Å². The summed E-state index contributed by atoms with van der Waals surface area (Å²) in [5.41, 5.74) is 4.38. The van der Waals surface area contributed by atoms with E-state index < -0.39 is 22.0 Å². The minimum Gasteiger partial charge on any atom is -0.542 e. The molecule has 0 bridgehead atoms. The number of hydrogen-bond donors (Lipinski definition) is 1. The highest BCUT2D eigenvalue weighted by atomic mass is 32.2. The van der Waals surface area contributed by atoms with Crippen LogP contribution in [-0.2, 0) is 20.4 Å². The largest absolute Gasteiger partial charge is 0.542 e. The van der Waals surface area contributed by atoms with Gasteiger partial charge in [-0.2, -0.15) is 13.2 Å². The van der Waals surface area contributed by atoms with Crippen molar-refractivity contribution in [2.45, 2.75) is 11.9 Å². The van der Waals surface area contributed by atoms with Gasteiger partial charge < -0.3 is 15.6 Å². The van der Waals surface area contributed by atoms with Gasteiger partial charge in [0.1, 0.15) is 5.97 Å². The Hall–Kier alpha value is -1.61. The zero-order valence-corrected chi connectivity index (χ0v) is 11.2. The zero-order chi connectivity index (χ0) is 15.8. The van der Waals surface area contributed by atoms with Gasteiger partial charge in [0.15, 0.2) is 9.84 Å². The molecule has 1 aromatic carbocycles. The summed E-state index contributed by atoms with van der Waals surface area (Å²) in [6, 6.07) is 9.20. The Morgan fingerprint density at radius 1 is 1.20 bits per heavy atom. The van der Waals surface area contributed by atoms with Crippen LogP contribution in [0.3, 0.4) is 0 Å². The number of halogens is 3. The molecule has 3 N–H and O–H groups in total. The molecule has 0 heterocycles. The van der Waals surface area contributed by atoms with Crippen LogP contribution in [0.4, 0.5) is 13.2 Å². The van der Waals surface area contributed by atoms with Gasteiger partial charge >= 0.3 is 6.18 Å². The van der Waals surface area contributed by atoms with Crippen LogP contribution in [0.5, 0.6) is 0 Å². The lowest BCUT2D eigenvalue weighted by Crippen LogP contribution is -2.53. The third kappa shape index (κ3) is 8.48. The maximum absolute atomic E-state index is 11.4. The van der Waals surface area contributed by atoms with Gasteiger partial charge in [-0.15, -0.1) is 0 Å². The number of sulfone groups is 1. The molecule has 1 rings (SSSR count). The van der Waals surface area contributed by atoms with E-state index in [4.69, 9.17) is 9.90 Å². The Morgan fingerprint density at radius 3 is 2.00 bits per heavy atom. The second-order valence-electron chi connectivity index (χ2n) is 3.72. The Balaban J connectivity index is 0.000000441. The van der Waals surface area contributed by atoms with Crippen LogP contribution in [0, 0.1) is 0 Å². The number of aliphatic carboxylic acids is 1. The molecule has 0 atom stereocenters. The van der Waals surface area contributed by atoms with Crippen molar-refractivity contribution in [2.75, 3.05) is 12.3 Å². The molecule has 114 valence electrons. The summed E-state index contributed by atoms with van der Waals surface area (Å²) in [5, 5.41) is 8.78. The molecule has 0 aromatic heterocycles. The van der Waals surface area contributed by atoms with Gasteiger partial charge in [-0.25, -0.2) is 8.42 Å². The van der Waals surface area contributed by atoms with E-state index in [1.54, 1.807) is 0 Å². The normalized spacial score (nSPS) is 11.4. The van der Waals surface area contributed by atoms with Crippen molar-refractivity contribution in [2.24, 2.45) is 0 Å². The standard InChI is InChI=1S/C9H13NO2S.C2HF3O2/c10-6-7-13(11,12)8-9-4-2-1-3-5-9;3-2(4,5)1(6)7/h1-5H,6-8,10H2;(H,6,7). The highest BCUT2D eigenvalue weighted by Crippen LogP contribution is 2.11. The van der Waals surface area contributed by atoms with E-state index in [1.807, 2.05) is 30.3 Å². The first-order chi connectivity index (χ1) is 9.08. The fourth-order valence-corrected chi connectivity index (χ4v) is 2.40. The van der Waals surface area contributed by atoms with Gasteiger partial charge in [0.05, 0.1) is 18.1 Å². The predicted molar refractivity (Wildman–Crippen MR) is 62.7 cm³/mol. The molecule has 0 spiro atoms. The van der Waals surface area contributed by atoms with E-state index in [0.29, 0.717) is 6.54 Å². The number of alkyl halides is 3. The number of benzene rings is 1. The van der Waals surface area contributed by atoms with E-state index in [2.05, 4.69) is 5.73 Å². The highest BCUT2D eigenvalue weighted by molar-refractivity contribution is 7.90. The molecule has 0 fully saturated rings. The maximum Gasteiger partial charge on any atom is 0.430 e. The van der Waals surface area contributed by atoms with Crippen molar-refractivity contribution in [1.82, 2.24) is 0 Å². The van der Waals surface area contributed by atoms with Crippen LogP contribution in [-0.4, -0.2) is 32.9 Å². The van der Waals surface area contributed by atoms with E-state index in [9.17, 15) is 21.6 Å². The third-order valence-corrected chi connectivity index (χ3v) is 3.60. The summed E-state index contributed by atoms with van der Waals surface area (Å²) in [7, 11) is -2.95. The van der Waals surface area contributed by atoms with E-state index >= 15 is 0 Å². The van der Waals surface area contributed by atoms with Crippen LogP contribution in [0.1, 0.15) is 5.56 Å². The van der Waals surface area contributed by atoms with Crippen molar-refractivity contribution in [1.29, 1.82) is 0 Å². The lowest BCUT2D eigenvalue weighted by Gasteiger charge is -2.03. The molecule has 9 heteroatoms. The first kappa shape index (κ1) is 18.4. The quantitative estimate of drug-likeness (QED) is 0.781. The second-order valence-corrected chi connectivity index (χ2v) is 5.90. The molecule has 0 aliphatic heterocycles. The van der Waals surface area contributed by atoms with Crippen molar-refractivity contribution in [3.05, 3.63) is 35.9 Å². The molecule has 0 aliphatic rings. The molecule has 20 heavy (non-hydrogen) atoms. The van der Waals surface area contributed by atoms with Crippen LogP contribution < -0.4 is 10.8 Å². The molecule has 0 amide bonds. The molecular formula is C11H14F3NO4S. The van der Waals surface area contributed by atoms with Gasteiger partial charge in [0.2, 0.25) is 0 Å². The first-order valence-corrected chi connectivity index (χ1v) is 7.22. The molecule has 0 saturated carbocycles. The van der Waals surface area contributed by atoms with E-state index in [0.717, 1.165) is 5.56 Å². The van der Waals surface area contributed by atoms with Crippen LogP contribution >= 0.6 is 0 Å². The van der Waals surface area contributed by atoms with Gasteiger partial charge in [0, 0.05) is 0 Å². The predicted octanol–water partition coefficient (Wildman–Crippen LogP) is -0.858.